The number of aryl methyl sites for hydroxylation is 1. The molecule has 84 valence electrons. The van der Waals surface area contributed by atoms with Gasteiger partial charge in [0.25, 0.3) is 0 Å². The van der Waals surface area contributed by atoms with E-state index in [-0.39, 0.29) is 11.9 Å². The first-order valence-electron chi connectivity index (χ1n) is 5.39. The van der Waals surface area contributed by atoms with Gasteiger partial charge in [-0.3, -0.25) is 4.79 Å². The lowest BCUT2D eigenvalue weighted by Crippen LogP contribution is -2.22. The van der Waals surface area contributed by atoms with Crippen molar-refractivity contribution in [1.29, 1.82) is 0 Å². The van der Waals surface area contributed by atoms with Crippen LogP contribution in [0.2, 0.25) is 0 Å². The Bertz CT molecular complexity index is 317. The van der Waals surface area contributed by atoms with Gasteiger partial charge in [0, 0.05) is 22.8 Å². The molecule has 3 heteroatoms. The summed E-state index contributed by atoms with van der Waals surface area (Å²) in [5.74, 6) is 0.168. The third-order valence-corrected chi connectivity index (χ3v) is 3.51. The minimum Gasteiger partial charge on any atom is -0.371 e. The van der Waals surface area contributed by atoms with Gasteiger partial charge in [0.2, 0.25) is 0 Å². The molecular weight excluding hydrogens is 208 g/mol. The van der Waals surface area contributed by atoms with Crippen LogP contribution in [0.4, 0.5) is 0 Å². The van der Waals surface area contributed by atoms with Crippen LogP contribution in [0, 0.1) is 0 Å². The fourth-order valence-corrected chi connectivity index (χ4v) is 2.33. The zero-order valence-corrected chi connectivity index (χ0v) is 10.4. The van der Waals surface area contributed by atoms with Crippen molar-refractivity contribution in [2.75, 3.05) is 6.61 Å². The molecule has 2 nitrogen and oxygen atoms in total. The predicted octanol–water partition coefficient (Wildman–Crippen LogP) is 2.85. The van der Waals surface area contributed by atoms with Crippen molar-refractivity contribution < 1.29 is 9.53 Å². The minimum atomic E-state index is -0.276. The lowest BCUT2D eigenvalue weighted by atomic mass is 10.1. The molecule has 15 heavy (non-hydrogen) atoms. The summed E-state index contributed by atoms with van der Waals surface area (Å²) < 4.78 is 5.26. The number of thiophene rings is 1. The minimum absolute atomic E-state index is 0.168. The van der Waals surface area contributed by atoms with E-state index in [0.29, 0.717) is 13.0 Å². The number of ketones is 1. The largest absolute Gasteiger partial charge is 0.371 e. The molecule has 0 aliphatic heterocycles. The van der Waals surface area contributed by atoms with Gasteiger partial charge in [-0.2, -0.15) is 0 Å². The van der Waals surface area contributed by atoms with E-state index in [9.17, 15) is 4.79 Å². The quantitative estimate of drug-likeness (QED) is 0.745. The topological polar surface area (TPSA) is 26.3 Å². The molecule has 0 bridgehead atoms. The molecule has 0 spiro atoms. The summed E-state index contributed by atoms with van der Waals surface area (Å²) >= 11 is 1.72. The number of carbonyl (C=O) groups excluding carboxylic acids is 1. The SMILES string of the molecule is CCOC(C)C(=O)Cc1ccc(CC)s1. The van der Waals surface area contributed by atoms with Crippen LogP contribution in [-0.2, 0) is 22.4 Å². The second-order valence-electron chi connectivity index (χ2n) is 3.46. The van der Waals surface area contributed by atoms with Crippen LogP contribution < -0.4 is 0 Å². The van der Waals surface area contributed by atoms with Crippen LogP contribution in [0.3, 0.4) is 0 Å². The maximum atomic E-state index is 11.7. The Morgan fingerprint density at radius 2 is 2.07 bits per heavy atom. The summed E-state index contributed by atoms with van der Waals surface area (Å²) in [4.78, 5) is 14.2. The van der Waals surface area contributed by atoms with Gasteiger partial charge in [-0.1, -0.05) is 6.92 Å². The molecule has 0 aliphatic carbocycles. The van der Waals surface area contributed by atoms with E-state index >= 15 is 0 Å². The Kier molecular flexibility index (Phi) is 4.99. The zero-order valence-electron chi connectivity index (χ0n) is 9.58. The average Bonchev–Trinajstić information content (AvgIpc) is 2.66. The first kappa shape index (κ1) is 12.4. The van der Waals surface area contributed by atoms with Crippen molar-refractivity contribution in [3.8, 4) is 0 Å². The first-order valence-corrected chi connectivity index (χ1v) is 6.20. The summed E-state index contributed by atoms with van der Waals surface area (Å²) in [6.07, 6.45) is 1.27. The van der Waals surface area contributed by atoms with E-state index in [4.69, 9.17) is 4.74 Å². The smallest absolute Gasteiger partial charge is 0.166 e. The van der Waals surface area contributed by atoms with Crippen LogP contribution in [0.25, 0.3) is 0 Å². The highest BCUT2D eigenvalue weighted by atomic mass is 32.1. The Labute approximate surface area is 95.3 Å². The Morgan fingerprint density at radius 1 is 1.40 bits per heavy atom. The summed E-state index contributed by atoms with van der Waals surface area (Å²) in [7, 11) is 0. The average molecular weight is 226 g/mol. The Balaban J connectivity index is 2.50. The van der Waals surface area contributed by atoms with E-state index in [0.717, 1.165) is 11.3 Å². The Hall–Kier alpha value is -0.670. The van der Waals surface area contributed by atoms with Gasteiger partial charge >= 0.3 is 0 Å². The summed E-state index contributed by atoms with van der Waals surface area (Å²) in [5.41, 5.74) is 0. The van der Waals surface area contributed by atoms with Crippen LogP contribution >= 0.6 is 11.3 Å². The molecular formula is C12H18O2S. The molecule has 1 rings (SSSR count). The highest BCUT2D eigenvalue weighted by molar-refractivity contribution is 7.12. The molecule has 1 unspecified atom stereocenters. The summed E-state index contributed by atoms with van der Waals surface area (Å²) in [6, 6.07) is 4.14. The fraction of sp³-hybridized carbons (Fsp3) is 0.583. The fourth-order valence-electron chi connectivity index (χ4n) is 1.37. The maximum Gasteiger partial charge on any atom is 0.166 e. The van der Waals surface area contributed by atoms with Crippen molar-refractivity contribution in [2.24, 2.45) is 0 Å². The third kappa shape index (κ3) is 3.76. The van der Waals surface area contributed by atoms with E-state index < -0.39 is 0 Å². The maximum absolute atomic E-state index is 11.7. The predicted molar refractivity (Wildman–Crippen MR) is 63.5 cm³/mol. The van der Waals surface area contributed by atoms with Gasteiger partial charge in [0.1, 0.15) is 6.10 Å². The van der Waals surface area contributed by atoms with E-state index in [1.165, 1.54) is 4.88 Å². The Morgan fingerprint density at radius 3 is 2.60 bits per heavy atom. The molecule has 0 fully saturated rings. The molecule has 1 heterocycles. The molecule has 1 aromatic rings. The molecule has 0 amide bonds. The molecule has 1 aromatic heterocycles. The zero-order chi connectivity index (χ0) is 11.3. The lowest BCUT2D eigenvalue weighted by molar-refractivity contribution is -0.128. The van der Waals surface area contributed by atoms with Crippen LogP contribution in [-0.4, -0.2) is 18.5 Å². The van der Waals surface area contributed by atoms with Gasteiger partial charge in [0.05, 0.1) is 0 Å². The summed E-state index contributed by atoms with van der Waals surface area (Å²) in [6.45, 7) is 6.45. The number of carbonyl (C=O) groups is 1. The first-order chi connectivity index (χ1) is 7.17. The highest BCUT2D eigenvalue weighted by Crippen LogP contribution is 2.18. The third-order valence-electron chi connectivity index (χ3n) is 2.28. The number of rotatable bonds is 6. The van der Waals surface area contributed by atoms with Gasteiger partial charge in [-0.05, 0) is 32.4 Å². The van der Waals surface area contributed by atoms with Crippen LogP contribution in [0.15, 0.2) is 12.1 Å². The highest BCUT2D eigenvalue weighted by Gasteiger charge is 2.14. The normalized spacial score (nSPS) is 12.7. The van der Waals surface area contributed by atoms with Crippen molar-refractivity contribution >= 4 is 17.1 Å². The second-order valence-corrected chi connectivity index (χ2v) is 4.72. The van der Waals surface area contributed by atoms with Gasteiger partial charge in [-0.25, -0.2) is 0 Å². The number of ether oxygens (including phenoxy) is 1. The number of Topliss-reactive ketones (excluding diaryl/α,β-unsaturated/α-hetero) is 1. The van der Waals surface area contributed by atoms with Gasteiger partial charge in [-0.15, -0.1) is 11.3 Å². The molecule has 0 saturated heterocycles. The van der Waals surface area contributed by atoms with Crippen molar-refractivity contribution in [2.45, 2.75) is 39.7 Å². The lowest BCUT2D eigenvalue weighted by Gasteiger charge is -2.08. The number of hydrogen-bond donors (Lipinski definition) is 0. The molecule has 1 atom stereocenters. The molecule has 0 N–H and O–H groups in total. The monoisotopic (exact) mass is 226 g/mol. The standard InChI is InChI=1S/C12H18O2S/c1-4-10-6-7-11(15-10)8-12(13)9(3)14-5-2/h6-7,9H,4-5,8H2,1-3H3. The van der Waals surface area contributed by atoms with Crippen molar-refractivity contribution in [3.05, 3.63) is 21.9 Å². The molecule has 0 aliphatic rings. The second kappa shape index (κ2) is 6.03. The molecule has 0 saturated carbocycles. The molecule has 0 aromatic carbocycles. The molecule has 0 radical (unpaired) electrons. The van der Waals surface area contributed by atoms with Crippen LogP contribution in [0.5, 0.6) is 0 Å². The van der Waals surface area contributed by atoms with Crippen LogP contribution in [0.1, 0.15) is 30.5 Å². The van der Waals surface area contributed by atoms with Crippen molar-refractivity contribution in [1.82, 2.24) is 0 Å². The number of hydrogen-bond acceptors (Lipinski definition) is 3. The van der Waals surface area contributed by atoms with Gasteiger partial charge < -0.3 is 4.74 Å². The van der Waals surface area contributed by atoms with Crippen molar-refractivity contribution in [3.63, 3.8) is 0 Å². The van der Waals surface area contributed by atoms with E-state index in [2.05, 4.69) is 13.0 Å². The van der Waals surface area contributed by atoms with E-state index in [1.54, 1.807) is 11.3 Å². The van der Waals surface area contributed by atoms with Gasteiger partial charge in [0.15, 0.2) is 5.78 Å². The summed E-state index contributed by atoms with van der Waals surface area (Å²) in [5, 5.41) is 0. The van der Waals surface area contributed by atoms with E-state index in [1.807, 2.05) is 19.9 Å².